The first-order valence-electron chi connectivity index (χ1n) is 4.21. The van der Waals surface area contributed by atoms with Crippen molar-refractivity contribution in [3.8, 4) is 0 Å². The maximum absolute atomic E-state index is 11.4. The van der Waals surface area contributed by atoms with Crippen LogP contribution in [0.1, 0.15) is 0 Å². The number of benzene rings is 1. The Hall–Kier alpha value is -1.07. The molecule has 1 heterocycles. The molecule has 1 aromatic heterocycles. The van der Waals surface area contributed by atoms with Gasteiger partial charge in [0.15, 0.2) is 0 Å². The molecule has 4 nitrogen and oxygen atoms in total. The highest BCUT2D eigenvalue weighted by Crippen LogP contribution is 2.16. The molecule has 1 aromatic carbocycles. The zero-order valence-electron chi connectivity index (χ0n) is 7.33. The summed E-state index contributed by atoms with van der Waals surface area (Å²) >= 11 is 3.34. The van der Waals surface area contributed by atoms with Gasteiger partial charge in [0.2, 0.25) is 0 Å². The van der Waals surface area contributed by atoms with Crippen molar-refractivity contribution < 1.29 is 5.11 Å². The predicted molar refractivity (Wildman–Crippen MR) is 57.3 cm³/mol. The number of imidazole rings is 1. The van der Waals surface area contributed by atoms with Gasteiger partial charge >= 0.3 is 5.69 Å². The fourth-order valence-electron chi connectivity index (χ4n) is 1.45. The lowest BCUT2D eigenvalue weighted by Gasteiger charge is -1.99. The molecule has 0 unspecified atom stereocenters. The third-order valence-corrected chi connectivity index (χ3v) is 2.55. The number of rotatable bonds is 2. The first-order chi connectivity index (χ1) is 6.72. The average molecular weight is 257 g/mol. The predicted octanol–water partition coefficient (Wildman–Crippen LogP) is 1.08. The number of nitrogens with zero attached hydrogens (tertiary/aromatic N) is 1. The van der Waals surface area contributed by atoms with Crippen LogP contribution in [0.15, 0.2) is 27.5 Å². The lowest BCUT2D eigenvalue weighted by atomic mass is 10.3. The van der Waals surface area contributed by atoms with E-state index >= 15 is 0 Å². The summed E-state index contributed by atoms with van der Waals surface area (Å²) in [7, 11) is 0. The van der Waals surface area contributed by atoms with Crippen LogP contribution in [0.3, 0.4) is 0 Å². The molecule has 0 saturated carbocycles. The van der Waals surface area contributed by atoms with E-state index in [1.54, 1.807) is 0 Å². The van der Waals surface area contributed by atoms with E-state index in [9.17, 15) is 4.79 Å². The van der Waals surface area contributed by atoms with E-state index in [0.29, 0.717) is 6.54 Å². The molecule has 0 radical (unpaired) electrons. The number of halogens is 1. The normalized spacial score (nSPS) is 11.0. The SMILES string of the molecule is O=c1[nH]c2ccc(Br)cc2n1CCO. The summed E-state index contributed by atoms with van der Waals surface area (Å²) in [4.78, 5) is 14.1. The minimum atomic E-state index is -0.188. The van der Waals surface area contributed by atoms with Crippen molar-refractivity contribution in [1.82, 2.24) is 9.55 Å². The van der Waals surface area contributed by atoms with E-state index < -0.39 is 0 Å². The number of aromatic nitrogens is 2. The summed E-state index contributed by atoms with van der Waals surface area (Å²) in [6, 6.07) is 5.54. The van der Waals surface area contributed by atoms with Gasteiger partial charge in [-0.2, -0.15) is 0 Å². The van der Waals surface area contributed by atoms with Crippen molar-refractivity contribution in [2.45, 2.75) is 6.54 Å². The number of aliphatic hydroxyl groups excluding tert-OH is 1. The minimum Gasteiger partial charge on any atom is -0.395 e. The number of nitrogens with one attached hydrogen (secondary N) is 1. The zero-order valence-corrected chi connectivity index (χ0v) is 8.91. The Kier molecular flexibility index (Phi) is 2.43. The molecular weight excluding hydrogens is 248 g/mol. The number of aliphatic hydroxyl groups is 1. The Balaban J connectivity index is 2.73. The van der Waals surface area contributed by atoms with Gasteiger partial charge in [-0.15, -0.1) is 0 Å². The lowest BCUT2D eigenvalue weighted by molar-refractivity contribution is 0.276. The largest absolute Gasteiger partial charge is 0.395 e. The van der Waals surface area contributed by atoms with Crippen LogP contribution in [-0.4, -0.2) is 21.3 Å². The molecule has 5 heteroatoms. The van der Waals surface area contributed by atoms with E-state index in [1.807, 2.05) is 18.2 Å². The second-order valence-electron chi connectivity index (χ2n) is 2.97. The number of H-pyrrole nitrogens is 1. The molecular formula is C9H9BrN2O2. The van der Waals surface area contributed by atoms with E-state index in [4.69, 9.17) is 5.11 Å². The van der Waals surface area contributed by atoms with Crippen molar-refractivity contribution >= 4 is 27.0 Å². The van der Waals surface area contributed by atoms with Crippen LogP contribution in [0.2, 0.25) is 0 Å². The minimum absolute atomic E-state index is 0.0423. The second-order valence-corrected chi connectivity index (χ2v) is 3.88. The van der Waals surface area contributed by atoms with E-state index in [2.05, 4.69) is 20.9 Å². The number of aromatic amines is 1. The van der Waals surface area contributed by atoms with Gasteiger partial charge in [0, 0.05) is 4.47 Å². The third-order valence-electron chi connectivity index (χ3n) is 2.06. The summed E-state index contributed by atoms with van der Waals surface area (Å²) in [6.07, 6.45) is 0. The molecule has 0 atom stereocenters. The average Bonchev–Trinajstić information content (AvgIpc) is 2.45. The van der Waals surface area contributed by atoms with Gasteiger partial charge in [0.25, 0.3) is 0 Å². The molecule has 0 saturated heterocycles. The van der Waals surface area contributed by atoms with Gasteiger partial charge in [-0.05, 0) is 18.2 Å². The van der Waals surface area contributed by atoms with Crippen molar-refractivity contribution in [2.24, 2.45) is 0 Å². The maximum Gasteiger partial charge on any atom is 0.326 e. The standard InChI is InChI=1S/C9H9BrN2O2/c10-6-1-2-7-8(5-6)12(3-4-13)9(14)11-7/h1-2,5,13H,3-4H2,(H,11,14). The maximum atomic E-state index is 11.4. The molecule has 0 aliphatic carbocycles. The molecule has 0 spiro atoms. The third kappa shape index (κ3) is 1.49. The molecule has 2 N–H and O–H groups in total. The van der Waals surface area contributed by atoms with E-state index in [0.717, 1.165) is 15.5 Å². The van der Waals surface area contributed by atoms with Gasteiger partial charge in [-0.3, -0.25) is 4.57 Å². The Labute approximate surface area is 88.3 Å². The van der Waals surface area contributed by atoms with Crippen molar-refractivity contribution in [1.29, 1.82) is 0 Å². The van der Waals surface area contributed by atoms with Crippen LogP contribution >= 0.6 is 15.9 Å². The second kappa shape index (κ2) is 3.59. The fraction of sp³-hybridized carbons (Fsp3) is 0.222. The Morgan fingerprint density at radius 2 is 2.29 bits per heavy atom. The molecule has 2 aromatic rings. The highest BCUT2D eigenvalue weighted by molar-refractivity contribution is 9.10. The fourth-order valence-corrected chi connectivity index (χ4v) is 1.80. The highest BCUT2D eigenvalue weighted by Gasteiger charge is 2.05. The van der Waals surface area contributed by atoms with Gasteiger partial charge in [-0.1, -0.05) is 15.9 Å². The van der Waals surface area contributed by atoms with Crippen molar-refractivity contribution in [3.05, 3.63) is 33.2 Å². The van der Waals surface area contributed by atoms with Crippen LogP contribution in [-0.2, 0) is 6.54 Å². The first-order valence-corrected chi connectivity index (χ1v) is 5.00. The van der Waals surface area contributed by atoms with Crippen LogP contribution in [0.25, 0.3) is 11.0 Å². The van der Waals surface area contributed by atoms with Crippen LogP contribution in [0.4, 0.5) is 0 Å². The van der Waals surface area contributed by atoms with Gasteiger partial charge in [0.1, 0.15) is 0 Å². The molecule has 0 amide bonds. The van der Waals surface area contributed by atoms with Crippen molar-refractivity contribution in [3.63, 3.8) is 0 Å². The number of hydrogen-bond acceptors (Lipinski definition) is 2. The Morgan fingerprint density at radius 1 is 1.50 bits per heavy atom. The highest BCUT2D eigenvalue weighted by atomic mass is 79.9. The molecule has 2 rings (SSSR count). The van der Waals surface area contributed by atoms with E-state index in [-0.39, 0.29) is 12.3 Å². The first kappa shape index (κ1) is 9.48. The van der Waals surface area contributed by atoms with Crippen LogP contribution in [0, 0.1) is 0 Å². The number of fused-ring (bicyclic) bond motifs is 1. The topological polar surface area (TPSA) is 58.0 Å². The van der Waals surface area contributed by atoms with Crippen LogP contribution in [0.5, 0.6) is 0 Å². The van der Waals surface area contributed by atoms with Gasteiger partial charge < -0.3 is 10.1 Å². The quantitative estimate of drug-likeness (QED) is 0.845. The zero-order chi connectivity index (χ0) is 10.1. The summed E-state index contributed by atoms with van der Waals surface area (Å²) in [5.41, 5.74) is 1.40. The smallest absolute Gasteiger partial charge is 0.326 e. The summed E-state index contributed by atoms with van der Waals surface area (Å²) < 4.78 is 2.43. The monoisotopic (exact) mass is 256 g/mol. The lowest BCUT2D eigenvalue weighted by Crippen LogP contribution is -2.18. The molecule has 0 bridgehead atoms. The van der Waals surface area contributed by atoms with E-state index in [1.165, 1.54) is 4.57 Å². The van der Waals surface area contributed by atoms with Gasteiger partial charge in [0.05, 0.1) is 24.2 Å². The van der Waals surface area contributed by atoms with Crippen molar-refractivity contribution in [2.75, 3.05) is 6.61 Å². The molecule has 0 aliphatic rings. The van der Waals surface area contributed by atoms with Crippen LogP contribution < -0.4 is 5.69 Å². The van der Waals surface area contributed by atoms with Gasteiger partial charge in [-0.25, -0.2) is 4.79 Å². The Morgan fingerprint density at radius 3 is 3.00 bits per heavy atom. The summed E-state index contributed by atoms with van der Waals surface area (Å²) in [5, 5.41) is 8.81. The summed E-state index contributed by atoms with van der Waals surface area (Å²) in [6.45, 7) is 0.272. The molecule has 0 fully saturated rings. The molecule has 74 valence electrons. The molecule has 14 heavy (non-hydrogen) atoms. The summed E-state index contributed by atoms with van der Waals surface area (Å²) in [5.74, 6) is 0. The number of hydrogen-bond donors (Lipinski definition) is 2. The molecule has 0 aliphatic heterocycles. The Bertz CT molecular complexity index is 515.